The number of rotatable bonds is 14. The molecule has 0 heterocycles. The monoisotopic (exact) mass is 379 g/mol. The Balaban J connectivity index is 2.39. The Labute approximate surface area is 164 Å². The van der Waals surface area contributed by atoms with Crippen molar-refractivity contribution in [2.45, 2.75) is 46.5 Å². The van der Waals surface area contributed by atoms with E-state index in [4.69, 9.17) is 14.2 Å². The van der Waals surface area contributed by atoms with Crippen LogP contribution in [0, 0.1) is 0 Å². The zero-order valence-electron chi connectivity index (χ0n) is 17.5. The molecule has 0 aromatic heterocycles. The Morgan fingerprint density at radius 2 is 1.85 bits per heavy atom. The van der Waals surface area contributed by atoms with Crippen molar-refractivity contribution in [1.29, 1.82) is 0 Å². The number of unbranched alkanes of at least 4 members (excludes halogenated alkanes) is 1. The Bertz CT molecular complexity index is 535. The van der Waals surface area contributed by atoms with Crippen molar-refractivity contribution in [2.24, 2.45) is 4.99 Å². The molecule has 0 aliphatic heterocycles. The molecule has 154 valence electrons. The second-order valence-electron chi connectivity index (χ2n) is 6.11. The van der Waals surface area contributed by atoms with Gasteiger partial charge in [0.05, 0.1) is 13.7 Å². The maximum absolute atomic E-state index is 5.64. The summed E-state index contributed by atoms with van der Waals surface area (Å²) in [5.74, 6) is 2.48. The van der Waals surface area contributed by atoms with Gasteiger partial charge in [0.2, 0.25) is 0 Å². The zero-order chi connectivity index (χ0) is 19.7. The third kappa shape index (κ3) is 10.1. The highest BCUT2D eigenvalue weighted by atomic mass is 16.5. The third-order valence-electron chi connectivity index (χ3n) is 3.98. The first-order chi connectivity index (χ1) is 13.2. The first-order valence-electron chi connectivity index (χ1n) is 10.1. The second kappa shape index (κ2) is 15.1. The largest absolute Gasteiger partial charge is 0.493 e. The van der Waals surface area contributed by atoms with Crippen LogP contribution >= 0.6 is 0 Å². The number of nitrogens with zero attached hydrogens (tertiary/aromatic N) is 1. The van der Waals surface area contributed by atoms with E-state index in [1.165, 1.54) is 5.56 Å². The van der Waals surface area contributed by atoms with Crippen molar-refractivity contribution in [3.63, 3.8) is 0 Å². The predicted molar refractivity (Wildman–Crippen MR) is 112 cm³/mol. The van der Waals surface area contributed by atoms with Crippen LogP contribution in [-0.4, -0.2) is 52.5 Å². The number of aliphatic imine (C=N–C) groups is 1. The minimum atomic E-state index is 0.631. The van der Waals surface area contributed by atoms with Gasteiger partial charge in [-0.1, -0.05) is 6.07 Å². The number of ether oxygens (including phenoxy) is 3. The molecular formula is C21H37N3O3. The minimum absolute atomic E-state index is 0.631. The molecule has 0 bridgehead atoms. The van der Waals surface area contributed by atoms with Crippen LogP contribution in [0.2, 0.25) is 0 Å². The van der Waals surface area contributed by atoms with Crippen molar-refractivity contribution in [2.75, 3.05) is 46.6 Å². The first-order valence-corrected chi connectivity index (χ1v) is 10.1. The first kappa shape index (κ1) is 23.1. The Kier molecular flexibility index (Phi) is 12.9. The van der Waals surface area contributed by atoms with E-state index >= 15 is 0 Å². The number of hydrogen-bond acceptors (Lipinski definition) is 4. The summed E-state index contributed by atoms with van der Waals surface area (Å²) in [6.07, 6.45) is 4.09. The topological polar surface area (TPSA) is 64.1 Å². The van der Waals surface area contributed by atoms with Crippen molar-refractivity contribution < 1.29 is 14.2 Å². The summed E-state index contributed by atoms with van der Waals surface area (Å²) in [5, 5.41) is 6.68. The normalized spacial score (nSPS) is 11.3. The summed E-state index contributed by atoms with van der Waals surface area (Å²) < 4.78 is 16.3. The molecule has 0 unspecified atom stereocenters. The standard InChI is InChI=1S/C21H37N3O3/c1-5-22-21(23-14-8-9-16-26-6-2)24-15-10-11-18-12-13-19(25-4)20(17-18)27-7-3/h12-13,17H,5-11,14-16H2,1-4H3,(H2,22,23,24). The minimum Gasteiger partial charge on any atom is -0.493 e. The Morgan fingerprint density at radius 1 is 1.00 bits per heavy atom. The van der Waals surface area contributed by atoms with Crippen LogP contribution < -0.4 is 20.1 Å². The van der Waals surface area contributed by atoms with Gasteiger partial charge in [-0.25, -0.2) is 0 Å². The van der Waals surface area contributed by atoms with Crippen LogP contribution in [0.1, 0.15) is 45.6 Å². The van der Waals surface area contributed by atoms with Crippen molar-refractivity contribution in [1.82, 2.24) is 10.6 Å². The average Bonchev–Trinajstić information content (AvgIpc) is 2.68. The molecule has 1 aromatic rings. The summed E-state index contributed by atoms with van der Waals surface area (Å²) in [6.45, 7) is 10.9. The highest BCUT2D eigenvalue weighted by molar-refractivity contribution is 5.79. The number of hydrogen-bond donors (Lipinski definition) is 2. The van der Waals surface area contributed by atoms with Gasteiger partial charge in [0.1, 0.15) is 0 Å². The van der Waals surface area contributed by atoms with Gasteiger partial charge in [-0.3, -0.25) is 4.99 Å². The lowest BCUT2D eigenvalue weighted by molar-refractivity contribution is 0.143. The van der Waals surface area contributed by atoms with Crippen LogP contribution in [0.3, 0.4) is 0 Å². The molecule has 6 nitrogen and oxygen atoms in total. The fourth-order valence-electron chi connectivity index (χ4n) is 2.64. The van der Waals surface area contributed by atoms with Crippen molar-refractivity contribution in [3.05, 3.63) is 23.8 Å². The number of guanidine groups is 1. The van der Waals surface area contributed by atoms with Crippen LogP contribution in [0.15, 0.2) is 23.2 Å². The van der Waals surface area contributed by atoms with Crippen LogP contribution in [0.4, 0.5) is 0 Å². The molecule has 0 radical (unpaired) electrons. The summed E-state index contributed by atoms with van der Waals surface area (Å²) in [7, 11) is 1.67. The molecule has 0 aliphatic carbocycles. The van der Waals surface area contributed by atoms with Gasteiger partial charge in [-0.15, -0.1) is 0 Å². The molecular weight excluding hydrogens is 342 g/mol. The van der Waals surface area contributed by atoms with E-state index in [9.17, 15) is 0 Å². The highest BCUT2D eigenvalue weighted by Gasteiger charge is 2.05. The smallest absolute Gasteiger partial charge is 0.191 e. The number of nitrogens with one attached hydrogen (secondary N) is 2. The van der Waals surface area contributed by atoms with Crippen LogP contribution in [0.25, 0.3) is 0 Å². The molecule has 0 saturated carbocycles. The van der Waals surface area contributed by atoms with E-state index in [1.807, 2.05) is 19.9 Å². The maximum Gasteiger partial charge on any atom is 0.191 e. The van der Waals surface area contributed by atoms with Crippen LogP contribution in [-0.2, 0) is 11.2 Å². The molecule has 6 heteroatoms. The molecule has 0 spiro atoms. The van der Waals surface area contributed by atoms with Gasteiger partial charge in [-0.2, -0.15) is 0 Å². The lowest BCUT2D eigenvalue weighted by atomic mass is 10.1. The third-order valence-corrected chi connectivity index (χ3v) is 3.98. The maximum atomic E-state index is 5.64. The molecule has 1 aromatic carbocycles. The Hall–Kier alpha value is -1.95. The molecule has 0 amide bonds. The summed E-state index contributed by atoms with van der Waals surface area (Å²) >= 11 is 0. The van der Waals surface area contributed by atoms with Gasteiger partial charge >= 0.3 is 0 Å². The van der Waals surface area contributed by atoms with E-state index in [2.05, 4.69) is 34.7 Å². The SMILES string of the molecule is CCNC(=NCCCc1ccc(OC)c(OCC)c1)NCCCCOCC. The fourth-order valence-corrected chi connectivity index (χ4v) is 2.64. The van der Waals surface area contributed by atoms with Gasteiger partial charge < -0.3 is 24.8 Å². The molecule has 27 heavy (non-hydrogen) atoms. The predicted octanol–water partition coefficient (Wildman–Crippen LogP) is 3.40. The summed E-state index contributed by atoms with van der Waals surface area (Å²) in [5.41, 5.74) is 1.24. The lowest BCUT2D eigenvalue weighted by Crippen LogP contribution is -2.38. The van der Waals surface area contributed by atoms with Crippen molar-refractivity contribution in [3.8, 4) is 11.5 Å². The second-order valence-corrected chi connectivity index (χ2v) is 6.11. The Morgan fingerprint density at radius 3 is 2.56 bits per heavy atom. The molecule has 2 N–H and O–H groups in total. The van der Waals surface area contributed by atoms with Crippen LogP contribution in [0.5, 0.6) is 11.5 Å². The number of methoxy groups -OCH3 is 1. The fraction of sp³-hybridized carbons (Fsp3) is 0.667. The van der Waals surface area contributed by atoms with Gasteiger partial charge in [0.15, 0.2) is 17.5 Å². The molecule has 0 aliphatic rings. The zero-order valence-corrected chi connectivity index (χ0v) is 17.5. The number of benzene rings is 1. The molecule has 0 atom stereocenters. The summed E-state index contributed by atoms with van der Waals surface area (Å²) in [6, 6.07) is 6.12. The molecule has 0 saturated heterocycles. The van der Waals surface area contributed by atoms with Gasteiger partial charge in [0.25, 0.3) is 0 Å². The van der Waals surface area contributed by atoms with E-state index in [0.29, 0.717) is 6.61 Å². The van der Waals surface area contributed by atoms with E-state index in [1.54, 1.807) is 7.11 Å². The quantitative estimate of drug-likeness (QED) is 0.295. The van der Waals surface area contributed by atoms with E-state index < -0.39 is 0 Å². The average molecular weight is 380 g/mol. The van der Waals surface area contributed by atoms with Crippen molar-refractivity contribution >= 4 is 5.96 Å². The van der Waals surface area contributed by atoms with Gasteiger partial charge in [-0.05, 0) is 64.2 Å². The van der Waals surface area contributed by atoms with Gasteiger partial charge in [0, 0.05) is 32.8 Å². The lowest BCUT2D eigenvalue weighted by Gasteiger charge is -2.12. The number of aryl methyl sites for hydroxylation is 1. The summed E-state index contributed by atoms with van der Waals surface area (Å²) in [4.78, 5) is 4.66. The van der Waals surface area contributed by atoms with E-state index in [0.717, 1.165) is 76.0 Å². The highest BCUT2D eigenvalue weighted by Crippen LogP contribution is 2.28. The molecule has 1 rings (SSSR count). The molecule has 0 fully saturated rings. The van der Waals surface area contributed by atoms with E-state index in [-0.39, 0.29) is 0 Å².